The van der Waals surface area contributed by atoms with E-state index in [4.69, 9.17) is 9.47 Å². The van der Waals surface area contributed by atoms with Crippen LogP contribution in [0.25, 0.3) is 5.76 Å². The number of unbranched alkanes of at least 4 members (excludes halogenated alkanes) is 2. The Morgan fingerprint density at radius 3 is 2.64 bits per heavy atom. The zero-order chi connectivity index (χ0) is 27.9. The monoisotopic (exact) mass is 546 g/mol. The fraction of sp³-hybridized carbons (Fsp3) is 0.267. The van der Waals surface area contributed by atoms with Crippen LogP contribution in [0.1, 0.15) is 58.7 Å². The molecule has 0 spiro atoms. The Morgan fingerprint density at radius 1 is 1.15 bits per heavy atom. The summed E-state index contributed by atoms with van der Waals surface area (Å²) in [5, 5.41) is 11.4. The van der Waals surface area contributed by atoms with E-state index < -0.39 is 23.7 Å². The van der Waals surface area contributed by atoms with Crippen LogP contribution in [0.15, 0.2) is 72.8 Å². The minimum Gasteiger partial charge on any atom is -0.507 e. The molecule has 1 aromatic heterocycles. The number of carbonyl (C=O) groups excluding carboxylic acids is 3. The predicted molar refractivity (Wildman–Crippen MR) is 150 cm³/mol. The largest absolute Gasteiger partial charge is 0.507 e. The first-order chi connectivity index (χ1) is 18.9. The Kier molecular flexibility index (Phi) is 8.93. The molecule has 1 N–H and O–H groups in total. The molecule has 1 unspecified atom stereocenters. The molecule has 9 heteroatoms. The van der Waals surface area contributed by atoms with Crippen LogP contribution in [0.4, 0.5) is 5.13 Å². The molecule has 4 rings (SSSR count). The zero-order valence-corrected chi connectivity index (χ0v) is 22.7. The van der Waals surface area contributed by atoms with Crippen LogP contribution in [-0.4, -0.2) is 41.0 Å². The number of esters is 1. The second kappa shape index (κ2) is 12.5. The van der Waals surface area contributed by atoms with Gasteiger partial charge in [0.1, 0.15) is 23.0 Å². The second-order valence-electron chi connectivity index (χ2n) is 8.96. The van der Waals surface area contributed by atoms with Gasteiger partial charge in [0.15, 0.2) is 5.13 Å². The molecule has 1 aliphatic heterocycles. The summed E-state index contributed by atoms with van der Waals surface area (Å²) in [6.45, 7) is 7.84. The molecule has 39 heavy (non-hydrogen) atoms. The van der Waals surface area contributed by atoms with Crippen molar-refractivity contribution in [2.24, 2.45) is 0 Å². The summed E-state index contributed by atoms with van der Waals surface area (Å²) in [5.74, 6) is -2.02. The molecule has 202 valence electrons. The van der Waals surface area contributed by atoms with Crippen molar-refractivity contribution in [1.82, 2.24) is 4.98 Å². The molecule has 0 bridgehead atoms. The maximum absolute atomic E-state index is 13.5. The third-order valence-electron chi connectivity index (χ3n) is 6.19. The van der Waals surface area contributed by atoms with E-state index in [0.717, 1.165) is 30.6 Å². The van der Waals surface area contributed by atoms with E-state index in [2.05, 4.69) is 18.5 Å². The van der Waals surface area contributed by atoms with Crippen molar-refractivity contribution in [2.45, 2.75) is 39.2 Å². The van der Waals surface area contributed by atoms with E-state index >= 15 is 0 Å². The highest BCUT2D eigenvalue weighted by atomic mass is 32.1. The molecule has 0 aliphatic carbocycles. The van der Waals surface area contributed by atoms with Crippen LogP contribution in [0.5, 0.6) is 5.75 Å². The molecule has 2 aromatic carbocycles. The molecule has 0 saturated carbocycles. The molecular weight excluding hydrogens is 516 g/mol. The highest BCUT2D eigenvalue weighted by molar-refractivity contribution is 7.17. The van der Waals surface area contributed by atoms with Crippen LogP contribution in [-0.2, 0) is 14.3 Å². The lowest BCUT2D eigenvalue weighted by atomic mass is 9.95. The number of rotatable bonds is 11. The molecule has 1 saturated heterocycles. The number of aliphatic hydroxyl groups is 1. The Morgan fingerprint density at radius 2 is 1.92 bits per heavy atom. The summed E-state index contributed by atoms with van der Waals surface area (Å²) in [6.07, 6.45) is 4.46. The minimum absolute atomic E-state index is 0.0259. The molecular formula is C30H30N2O6S. The summed E-state index contributed by atoms with van der Waals surface area (Å²) in [4.78, 5) is 45.3. The SMILES string of the molecule is C=CCOC(=O)c1sc(N2C(=O)C(=O)/C(=C(/O)c3ccccc3)C2c2cccc(OCCCCC)c2)nc1C. The van der Waals surface area contributed by atoms with Gasteiger partial charge in [-0.15, -0.1) is 0 Å². The van der Waals surface area contributed by atoms with Gasteiger partial charge in [-0.3, -0.25) is 14.5 Å². The maximum atomic E-state index is 13.5. The average molecular weight is 547 g/mol. The number of aromatic nitrogens is 1. The van der Waals surface area contributed by atoms with Gasteiger partial charge in [-0.2, -0.15) is 0 Å². The van der Waals surface area contributed by atoms with E-state index in [1.54, 1.807) is 61.5 Å². The van der Waals surface area contributed by atoms with Gasteiger partial charge in [0, 0.05) is 5.56 Å². The summed E-state index contributed by atoms with van der Waals surface area (Å²) < 4.78 is 11.1. The number of hydrogen-bond donors (Lipinski definition) is 1. The van der Waals surface area contributed by atoms with Gasteiger partial charge in [0.25, 0.3) is 5.78 Å². The van der Waals surface area contributed by atoms with Crippen molar-refractivity contribution in [3.05, 3.63) is 94.5 Å². The van der Waals surface area contributed by atoms with E-state index in [-0.39, 0.29) is 27.9 Å². The quantitative estimate of drug-likeness (QED) is 0.0786. The lowest BCUT2D eigenvalue weighted by Crippen LogP contribution is -2.29. The zero-order valence-electron chi connectivity index (χ0n) is 21.9. The number of thiazole rings is 1. The van der Waals surface area contributed by atoms with Crippen molar-refractivity contribution >= 4 is 39.9 Å². The molecule has 1 fully saturated rings. The van der Waals surface area contributed by atoms with Gasteiger partial charge in [0.2, 0.25) is 0 Å². The van der Waals surface area contributed by atoms with Crippen molar-refractivity contribution in [2.75, 3.05) is 18.1 Å². The summed E-state index contributed by atoms with van der Waals surface area (Å²) in [6, 6.07) is 14.7. The van der Waals surface area contributed by atoms with Crippen molar-refractivity contribution in [3.8, 4) is 5.75 Å². The van der Waals surface area contributed by atoms with E-state index in [1.807, 2.05) is 0 Å². The second-order valence-corrected chi connectivity index (χ2v) is 9.94. The third kappa shape index (κ3) is 5.93. The Balaban J connectivity index is 1.82. The number of amides is 1. The van der Waals surface area contributed by atoms with Crippen LogP contribution in [0.3, 0.4) is 0 Å². The number of Topliss-reactive ketones (excluding diaryl/α,β-unsaturated/α-hetero) is 1. The fourth-order valence-corrected chi connectivity index (χ4v) is 5.28. The standard InChI is InChI=1S/C30H30N2O6S/c1-4-6-10-17-37-22-15-11-14-21(18-22)24-23(25(33)20-12-8-7-9-13-20)26(34)28(35)32(24)30-31-19(3)27(39-30)29(36)38-16-5-2/h5,7-9,11-15,18,24,33H,2,4,6,10,16-17H2,1,3H3/b25-23+. The van der Waals surface area contributed by atoms with Gasteiger partial charge >= 0.3 is 11.9 Å². The molecule has 0 radical (unpaired) electrons. The number of benzene rings is 2. The van der Waals surface area contributed by atoms with Crippen LogP contribution < -0.4 is 9.64 Å². The molecule has 1 amide bonds. The summed E-state index contributed by atoms with van der Waals surface area (Å²) in [7, 11) is 0. The number of hydrogen-bond acceptors (Lipinski definition) is 8. The van der Waals surface area contributed by atoms with Gasteiger partial charge in [-0.25, -0.2) is 9.78 Å². The number of aryl methyl sites for hydroxylation is 1. The van der Waals surface area contributed by atoms with E-state index in [1.165, 1.54) is 11.0 Å². The highest BCUT2D eigenvalue weighted by Crippen LogP contribution is 2.44. The molecule has 1 aliphatic rings. The Hall–Kier alpha value is -4.24. The number of ether oxygens (including phenoxy) is 2. The topological polar surface area (TPSA) is 106 Å². The Labute approximate surface area is 231 Å². The first kappa shape index (κ1) is 27.8. The molecule has 2 heterocycles. The van der Waals surface area contributed by atoms with Crippen LogP contribution >= 0.6 is 11.3 Å². The van der Waals surface area contributed by atoms with Gasteiger partial charge in [-0.1, -0.05) is 86.2 Å². The smallest absolute Gasteiger partial charge is 0.350 e. The molecule has 3 aromatic rings. The van der Waals surface area contributed by atoms with Crippen molar-refractivity contribution in [1.29, 1.82) is 0 Å². The van der Waals surface area contributed by atoms with Crippen LogP contribution in [0, 0.1) is 6.92 Å². The van der Waals surface area contributed by atoms with Gasteiger partial charge in [-0.05, 0) is 31.0 Å². The van der Waals surface area contributed by atoms with Gasteiger partial charge < -0.3 is 14.6 Å². The number of carbonyl (C=O) groups is 3. The lowest BCUT2D eigenvalue weighted by Gasteiger charge is -2.23. The summed E-state index contributed by atoms with van der Waals surface area (Å²) in [5.41, 5.74) is 1.25. The third-order valence-corrected chi connectivity index (χ3v) is 7.33. The average Bonchev–Trinajstić information content (AvgIpc) is 3.46. The normalized spacial score (nSPS) is 16.4. The van der Waals surface area contributed by atoms with Gasteiger partial charge in [0.05, 0.1) is 23.9 Å². The number of aliphatic hydroxyl groups excluding tert-OH is 1. The number of nitrogens with zero attached hydrogens (tertiary/aromatic N) is 2. The summed E-state index contributed by atoms with van der Waals surface area (Å²) >= 11 is 0.950. The molecule has 8 nitrogen and oxygen atoms in total. The van der Waals surface area contributed by atoms with Crippen molar-refractivity contribution < 1.29 is 29.0 Å². The lowest BCUT2D eigenvalue weighted by molar-refractivity contribution is -0.132. The number of ketones is 1. The predicted octanol–water partition coefficient (Wildman–Crippen LogP) is 5.99. The van der Waals surface area contributed by atoms with Crippen molar-refractivity contribution in [3.63, 3.8) is 0 Å². The first-order valence-corrected chi connectivity index (χ1v) is 13.5. The fourth-order valence-electron chi connectivity index (χ4n) is 4.29. The van der Waals surface area contributed by atoms with E-state index in [0.29, 0.717) is 29.2 Å². The minimum atomic E-state index is -0.994. The highest BCUT2D eigenvalue weighted by Gasteiger charge is 2.48. The first-order valence-electron chi connectivity index (χ1n) is 12.7. The molecule has 1 atom stereocenters. The van der Waals surface area contributed by atoms with Crippen LogP contribution in [0.2, 0.25) is 0 Å². The Bertz CT molecular complexity index is 1410. The number of anilines is 1. The van der Waals surface area contributed by atoms with E-state index in [9.17, 15) is 19.5 Å². The maximum Gasteiger partial charge on any atom is 0.350 e.